The molecule has 1 aromatic heterocycles. The SMILES string of the molecule is COc1cc(/C=C(/c2ccccc2)c2ncn[nH]2)cc(C(F)(F)F)c1. The lowest BCUT2D eigenvalue weighted by molar-refractivity contribution is -0.137. The first kappa shape index (κ1) is 16.8. The maximum absolute atomic E-state index is 13.1. The Morgan fingerprint density at radius 2 is 1.88 bits per heavy atom. The van der Waals surface area contributed by atoms with Gasteiger partial charge >= 0.3 is 6.18 Å². The molecule has 2 aromatic carbocycles. The van der Waals surface area contributed by atoms with Gasteiger partial charge in [0.2, 0.25) is 0 Å². The molecule has 25 heavy (non-hydrogen) atoms. The highest BCUT2D eigenvalue weighted by Crippen LogP contribution is 2.34. The highest BCUT2D eigenvalue weighted by molar-refractivity contribution is 5.89. The molecule has 0 unspecified atom stereocenters. The van der Waals surface area contributed by atoms with Crippen LogP contribution in [0.15, 0.2) is 54.9 Å². The molecule has 4 nitrogen and oxygen atoms in total. The maximum Gasteiger partial charge on any atom is 0.416 e. The number of alkyl halides is 3. The minimum Gasteiger partial charge on any atom is -0.497 e. The van der Waals surface area contributed by atoms with Gasteiger partial charge in [0.05, 0.1) is 12.7 Å². The molecule has 3 aromatic rings. The molecule has 0 saturated heterocycles. The normalized spacial score (nSPS) is 12.2. The Morgan fingerprint density at radius 1 is 1.12 bits per heavy atom. The maximum atomic E-state index is 13.1. The predicted octanol–water partition coefficient (Wildman–Crippen LogP) is 4.42. The van der Waals surface area contributed by atoms with Crippen molar-refractivity contribution in [1.29, 1.82) is 0 Å². The molecular formula is C18H14F3N3O. The Labute approximate surface area is 142 Å². The lowest BCUT2D eigenvalue weighted by Crippen LogP contribution is -2.05. The fourth-order valence-corrected chi connectivity index (χ4v) is 2.39. The van der Waals surface area contributed by atoms with Crippen molar-refractivity contribution in [1.82, 2.24) is 15.2 Å². The zero-order valence-corrected chi connectivity index (χ0v) is 13.2. The van der Waals surface area contributed by atoms with Gasteiger partial charge in [-0.3, -0.25) is 5.10 Å². The third kappa shape index (κ3) is 3.88. The van der Waals surface area contributed by atoms with Gasteiger partial charge < -0.3 is 4.74 Å². The molecule has 3 rings (SSSR count). The largest absolute Gasteiger partial charge is 0.497 e. The quantitative estimate of drug-likeness (QED) is 0.712. The predicted molar refractivity (Wildman–Crippen MR) is 87.8 cm³/mol. The van der Waals surface area contributed by atoms with E-state index < -0.39 is 11.7 Å². The molecule has 0 fully saturated rings. The third-order valence-corrected chi connectivity index (χ3v) is 3.56. The summed E-state index contributed by atoms with van der Waals surface area (Å²) in [6.45, 7) is 0. The molecule has 0 aliphatic carbocycles. The minimum absolute atomic E-state index is 0.131. The van der Waals surface area contributed by atoms with E-state index in [4.69, 9.17) is 4.74 Å². The Morgan fingerprint density at radius 3 is 2.48 bits per heavy atom. The molecule has 0 spiro atoms. The molecule has 1 heterocycles. The van der Waals surface area contributed by atoms with Crippen LogP contribution in [-0.4, -0.2) is 22.3 Å². The first-order chi connectivity index (χ1) is 12.0. The fourth-order valence-electron chi connectivity index (χ4n) is 2.39. The summed E-state index contributed by atoms with van der Waals surface area (Å²) in [5.74, 6) is 0.591. The number of nitrogens with one attached hydrogen (secondary N) is 1. The lowest BCUT2D eigenvalue weighted by atomic mass is 10.0. The van der Waals surface area contributed by atoms with Crippen LogP contribution in [0.25, 0.3) is 11.6 Å². The van der Waals surface area contributed by atoms with Gasteiger partial charge in [0.1, 0.15) is 12.1 Å². The van der Waals surface area contributed by atoms with Crippen molar-refractivity contribution < 1.29 is 17.9 Å². The van der Waals surface area contributed by atoms with E-state index in [2.05, 4.69) is 15.2 Å². The number of hydrogen-bond donors (Lipinski definition) is 1. The fraction of sp³-hybridized carbons (Fsp3) is 0.111. The number of H-pyrrole nitrogens is 1. The molecule has 0 aliphatic rings. The minimum atomic E-state index is -4.46. The molecule has 0 bridgehead atoms. The van der Waals surface area contributed by atoms with Crippen LogP contribution in [-0.2, 0) is 6.18 Å². The molecule has 0 aliphatic heterocycles. The number of rotatable bonds is 4. The summed E-state index contributed by atoms with van der Waals surface area (Å²) >= 11 is 0. The van der Waals surface area contributed by atoms with Crippen molar-refractivity contribution in [3.05, 3.63) is 77.4 Å². The average Bonchev–Trinajstić information content (AvgIpc) is 3.13. The van der Waals surface area contributed by atoms with Crippen LogP contribution >= 0.6 is 0 Å². The molecule has 0 radical (unpaired) electrons. The molecule has 0 saturated carbocycles. The van der Waals surface area contributed by atoms with Crippen molar-refractivity contribution in [3.63, 3.8) is 0 Å². The Bertz CT molecular complexity index is 872. The topological polar surface area (TPSA) is 50.8 Å². The van der Waals surface area contributed by atoms with Crippen LogP contribution in [0.5, 0.6) is 5.75 Å². The first-order valence-electron chi connectivity index (χ1n) is 7.36. The highest BCUT2D eigenvalue weighted by Gasteiger charge is 2.31. The van der Waals surface area contributed by atoms with Gasteiger partial charge in [-0.05, 0) is 35.4 Å². The van der Waals surface area contributed by atoms with Gasteiger partial charge in [0.15, 0.2) is 5.82 Å². The lowest BCUT2D eigenvalue weighted by Gasteiger charge is -2.11. The summed E-state index contributed by atoms with van der Waals surface area (Å²) < 4.78 is 44.3. The zero-order valence-electron chi connectivity index (χ0n) is 13.2. The van der Waals surface area contributed by atoms with E-state index >= 15 is 0 Å². The van der Waals surface area contributed by atoms with Gasteiger partial charge in [-0.25, -0.2) is 4.98 Å². The van der Waals surface area contributed by atoms with E-state index in [1.807, 2.05) is 30.3 Å². The van der Waals surface area contributed by atoms with E-state index in [1.165, 1.54) is 19.5 Å². The van der Waals surface area contributed by atoms with Crippen LogP contribution in [0, 0.1) is 0 Å². The van der Waals surface area contributed by atoms with E-state index in [1.54, 1.807) is 6.08 Å². The van der Waals surface area contributed by atoms with Crippen molar-refractivity contribution >= 4 is 11.6 Å². The molecule has 0 amide bonds. The van der Waals surface area contributed by atoms with Crippen molar-refractivity contribution in [2.45, 2.75) is 6.18 Å². The van der Waals surface area contributed by atoms with Gasteiger partial charge in [-0.15, -0.1) is 0 Å². The van der Waals surface area contributed by atoms with E-state index in [9.17, 15) is 13.2 Å². The van der Waals surface area contributed by atoms with Gasteiger partial charge in [0.25, 0.3) is 0 Å². The second-order valence-electron chi connectivity index (χ2n) is 5.25. The monoisotopic (exact) mass is 345 g/mol. The number of ether oxygens (including phenoxy) is 1. The van der Waals surface area contributed by atoms with E-state index in [-0.39, 0.29) is 5.75 Å². The number of halogens is 3. The van der Waals surface area contributed by atoms with Crippen molar-refractivity contribution in [2.24, 2.45) is 0 Å². The third-order valence-electron chi connectivity index (χ3n) is 3.56. The van der Waals surface area contributed by atoms with Crippen molar-refractivity contribution in [3.8, 4) is 5.75 Å². The first-order valence-corrected chi connectivity index (χ1v) is 7.36. The van der Waals surface area contributed by atoms with Crippen LogP contribution in [0.1, 0.15) is 22.5 Å². The highest BCUT2D eigenvalue weighted by atomic mass is 19.4. The van der Waals surface area contributed by atoms with Crippen LogP contribution in [0.4, 0.5) is 13.2 Å². The summed E-state index contributed by atoms with van der Waals surface area (Å²) in [7, 11) is 1.33. The standard InChI is InChI=1S/C18H14F3N3O/c1-25-15-8-12(7-14(10-15)18(19,20)21)9-16(17-22-11-23-24-17)13-5-3-2-4-6-13/h2-11H,1H3,(H,22,23,24)/b16-9-. The zero-order chi connectivity index (χ0) is 17.9. The second-order valence-corrected chi connectivity index (χ2v) is 5.25. The van der Waals surface area contributed by atoms with Crippen LogP contribution < -0.4 is 4.74 Å². The summed E-state index contributed by atoms with van der Waals surface area (Å²) in [6.07, 6.45) is -1.50. The Balaban J connectivity index is 2.15. The summed E-state index contributed by atoms with van der Waals surface area (Å²) in [4.78, 5) is 4.11. The van der Waals surface area contributed by atoms with Gasteiger partial charge in [0, 0.05) is 5.57 Å². The van der Waals surface area contributed by atoms with Crippen LogP contribution in [0.3, 0.4) is 0 Å². The number of aromatic amines is 1. The van der Waals surface area contributed by atoms with Crippen molar-refractivity contribution in [2.75, 3.05) is 7.11 Å². The van der Waals surface area contributed by atoms with E-state index in [0.29, 0.717) is 17.0 Å². The van der Waals surface area contributed by atoms with Gasteiger partial charge in [-0.2, -0.15) is 18.3 Å². The molecule has 128 valence electrons. The smallest absolute Gasteiger partial charge is 0.416 e. The summed E-state index contributed by atoms with van der Waals surface area (Å²) in [5.41, 5.74) is 1.00. The number of hydrogen-bond acceptors (Lipinski definition) is 3. The number of nitrogens with zero attached hydrogens (tertiary/aromatic N) is 2. The second kappa shape index (κ2) is 6.80. The number of methoxy groups -OCH3 is 1. The Kier molecular flexibility index (Phi) is 4.56. The van der Waals surface area contributed by atoms with Gasteiger partial charge in [-0.1, -0.05) is 30.3 Å². The average molecular weight is 345 g/mol. The molecule has 1 N–H and O–H groups in total. The Hall–Kier alpha value is -3.09. The molecular weight excluding hydrogens is 331 g/mol. The summed E-state index contributed by atoms with van der Waals surface area (Å²) in [5, 5.41) is 6.57. The number of aromatic nitrogens is 3. The molecule has 0 atom stereocenters. The van der Waals surface area contributed by atoms with Crippen LogP contribution in [0.2, 0.25) is 0 Å². The van der Waals surface area contributed by atoms with E-state index in [0.717, 1.165) is 17.7 Å². The molecule has 7 heteroatoms. The summed E-state index contributed by atoms with van der Waals surface area (Å²) in [6, 6.07) is 12.8. The number of benzene rings is 2.